The van der Waals surface area contributed by atoms with Crippen molar-refractivity contribution < 1.29 is 4.79 Å². The van der Waals surface area contributed by atoms with E-state index in [0.717, 1.165) is 37.3 Å². The van der Waals surface area contributed by atoms with Crippen molar-refractivity contribution in [3.63, 3.8) is 0 Å². The van der Waals surface area contributed by atoms with Gasteiger partial charge in [-0.05, 0) is 55.7 Å². The topological polar surface area (TPSA) is 38.1 Å². The molecule has 1 atom stereocenters. The summed E-state index contributed by atoms with van der Waals surface area (Å²) in [4.78, 5) is 19.1. The zero-order valence-electron chi connectivity index (χ0n) is 15.4. The molecule has 0 bridgehead atoms. The average Bonchev–Trinajstić information content (AvgIpc) is 3.05. The molecule has 2 aliphatic rings. The van der Waals surface area contributed by atoms with Gasteiger partial charge in [0.1, 0.15) is 11.7 Å². The van der Waals surface area contributed by atoms with Crippen LogP contribution in [0.4, 0.5) is 0 Å². The number of fused-ring (bicyclic) bond motifs is 2. The molecular formula is C21H26ClN3O. The Morgan fingerprint density at radius 3 is 2.88 bits per heavy atom. The summed E-state index contributed by atoms with van der Waals surface area (Å²) in [6.45, 7) is 3.54. The normalized spacial score (nSPS) is 18.9. The molecule has 1 amide bonds. The predicted octanol–water partition coefficient (Wildman–Crippen LogP) is 3.65. The van der Waals surface area contributed by atoms with Gasteiger partial charge in [0.05, 0.1) is 6.04 Å². The number of aryl methyl sites for hydroxylation is 4. The van der Waals surface area contributed by atoms with Crippen LogP contribution in [-0.2, 0) is 37.1 Å². The highest BCUT2D eigenvalue weighted by atomic mass is 35.5. The molecular weight excluding hydrogens is 346 g/mol. The van der Waals surface area contributed by atoms with E-state index in [0.29, 0.717) is 6.54 Å². The fraction of sp³-hybridized carbons (Fsp3) is 0.524. The van der Waals surface area contributed by atoms with Crippen molar-refractivity contribution in [2.24, 2.45) is 0 Å². The van der Waals surface area contributed by atoms with Crippen molar-refractivity contribution in [3.05, 3.63) is 52.6 Å². The number of carbonyl (C=O) groups is 1. The summed E-state index contributed by atoms with van der Waals surface area (Å²) < 4.78 is 2.25. The highest BCUT2D eigenvalue weighted by molar-refractivity contribution is 6.27. The number of imidazole rings is 1. The smallest absolute Gasteiger partial charge is 0.238 e. The molecule has 26 heavy (non-hydrogen) atoms. The van der Waals surface area contributed by atoms with E-state index < -0.39 is 0 Å². The molecule has 1 aliphatic heterocycles. The van der Waals surface area contributed by atoms with E-state index in [2.05, 4.69) is 34.7 Å². The van der Waals surface area contributed by atoms with Crippen LogP contribution >= 0.6 is 11.6 Å². The first kappa shape index (κ1) is 17.6. The van der Waals surface area contributed by atoms with Gasteiger partial charge in [0.15, 0.2) is 0 Å². The van der Waals surface area contributed by atoms with Gasteiger partial charge in [0.2, 0.25) is 5.91 Å². The quantitative estimate of drug-likeness (QED) is 0.769. The van der Waals surface area contributed by atoms with Gasteiger partial charge in [0, 0.05) is 31.4 Å². The first-order valence-electron chi connectivity index (χ1n) is 9.63. The van der Waals surface area contributed by atoms with Crippen LogP contribution < -0.4 is 0 Å². The maximum absolute atomic E-state index is 12.6. The van der Waals surface area contributed by atoms with Gasteiger partial charge >= 0.3 is 0 Å². The Labute approximate surface area is 160 Å². The van der Waals surface area contributed by atoms with E-state index in [1.54, 1.807) is 0 Å². The molecule has 138 valence electrons. The molecule has 1 aromatic carbocycles. The summed E-state index contributed by atoms with van der Waals surface area (Å²) in [5.74, 6) is 1.19. The van der Waals surface area contributed by atoms with E-state index in [1.807, 2.05) is 11.1 Å². The van der Waals surface area contributed by atoms with Crippen LogP contribution in [0, 0.1) is 6.92 Å². The molecule has 0 spiro atoms. The monoisotopic (exact) mass is 371 g/mol. The van der Waals surface area contributed by atoms with Gasteiger partial charge < -0.3 is 9.47 Å². The Morgan fingerprint density at radius 2 is 2.08 bits per heavy atom. The van der Waals surface area contributed by atoms with Crippen molar-refractivity contribution in [3.8, 4) is 0 Å². The van der Waals surface area contributed by atoms with Crippen molar-refractivity contribution in [1.29, 1.82) is 0 Å². The molecule has 2 aromatic rings. The second kappa shape index (κ2) is 7.43. The van der Waals surface area contributed by atoms with Crippen LogP contribution in [0.2, 0.25) is 0 Å². The van der Waals surface area contributed by atoms with Gasteiger partial charge in [-0.15, -0.1) is 11.6 Å². The molecule has 0 fully saturated rings. The van der Waals surface area contributed by atoms with E-state index >= 15 is 0 Å². The van der Waals surface area contributed by atoms with Gasteiger partial charge in [-0.2, -0.15) is 0 Å². The van der Waals surface area contributed by atoms with Crippen LogP contribution in [0.3, 0.4) is 0 Å². The third kappa shape index (κ3) is 3.39. The third-order valence-electron chi connectivity index (χ3n) is 5.87. The van der Waals surface area contributed by atoms with Crippen LogP contribution in [-0.4, -0.2) is 32.3 Å². The van der Waals surface area contributed by atoms with Crippen molar-refractivity contribution in [2.45, 2.75) is 64.6 Å². The van der Waals surface area contributed by atoms with Crippen molar-refractivity contribution in [1.82, 2.24) is 14.5 Å². The number of alkyl halides is 1. The summed E-state index contributed by atoms with van der Waals surface area (Å²) in [6.07, 6.45) is 8.69. The van der Waals surface area contributed by atoms with Gasteiger partial charge in [-0.25, -0.2) is 4.98 Å². The Kier molecular flexibility index (Phi) is 5.03. The summed E-state index contributed by atoms with van der Waals surface area (Å²) in [7, 11) is 0. The number of hydrogen-bond acceptors (Lipinski definition) is 2. The van der Waals surface area contributed by atoms with E-state index in [9.17, 15) is 4.79 Å². The zero-order chi connectivity index (χ0) is 18.1. The first-order valence-corrected chi connectivity index (χ1v) is 10.2. The van der Waals surface area contributed by atoms with Gasteiger partial charge in [-0.3, -0.25) is 4.79 Å². The molecule has 0 N–H and O–H groups in total. The summed E-state index contributed by atoms with van der Waals surface area (Å²) in [5, 5.41) is 0. The van der Waals surface area contributed by atoms with E-state index in [1.165, 1.54) is 36.0 Å². The Balaban J connectivity index is 1.56. The first-order chi connectivity index (χ1) is 12.7. The molecule has 0 saturated heterocycles. The lowest BCUT2D eigenvalue weighted by molar-refractivity contribution is -0.132. The number of hydrogen-bond donors (Lipinski definition) is 0. The fourth-order valence-electron chi connectivity index (χ4n) is 4.39. The van der Waals surface area contributed by atoms with Gasteiger partial charge in [-0.1, -0.05) is 18.2 Å². The molecule has 1 aromatic heterocycles. The van der Waals surface area contributed by atoms with E-state index in [4.69, 9.17) is 11.6 Å². The number of halogens is 1. The van der Waals surface area contributed by atoms with Crippen molar-refractivity contribution >= 4 is 17.5 Å². The molecule has 1 unspecified atom stereocenters. The minimum Gasteiger partial charge on any atom is -0.333 e. The predicted molar refractivity (Wildman–Crippen MR) is 103 cm³/mol. The largest absolute Gasteiger partial charge is 0.333 e. The van der Waals surface area contributed by atoms with Crippen molar-refractivity contribution in [2.75, 3.05) is 5.88 Å². The number of carbonyl (C=O) groups excluding carboxylic acids is 1. The third-order valence-corrected chi connectivity index (χ3v) is 6.10. The second-order valence-corrected chi connectivity index (χ2v) is 7.85. The lowest BCUT2D eigenvalue weighted by Gasteiger charge is -2.35. The van der Waals surface area contributed by atoms with Crippen LogP contribution in [0.1, 0.15) is 47.5 Å². The van der Waals surface area contributed by atoms with Gasteiger partial charge in [0.25, 0.3) is 0 Å². The maximum Gasteiger partial charge on any atom is 0.238 e. The van der Waals surface area contributed by atoms with Crippen LogP contribution in [0.15, 0.2) is 24.4 Å². The van der Waals surface area contributed by atoms with Crippen LogP contribution in [0.25, 0.3) is 0 Å². The zero-order valence-corrected chi connectivity index (χ0v) is 16.1. The average molecular weight is 372 g/mol. The molecule has 0 saturated carbocycles. The fourth-order valence-corrected chi connectivity index (χ4v) is 4.54. The summed E-state index contributed by atoms with van der Waals surface area (Å²) >= 11 is 5.95. The lowest BCUT2D eigenvalue weighted by atomic mass is 9.90. The number of nitrogens with zero attached hydrogens (tertiary/aromatic N) is 3. The van der Waals surface area contributed by atoms with E-state index in [-0.39, 0.29) is 17.8 Å². The number of rotatable bonds is 4. The number of aromatic nitrogens is 2. The standard InChI is InChI=1S/C21H26ClN3O/c1-15-12-23-20-9-8-19(14-24(15)20)25(21(26)11-22)13-16-6-7-17-4-2-3-5-18(17)10-16/h6-7,10,12,19H,2-5,8-9,11,13-14H2,1H3. The van der Waals surface area contributed by atoms with Crippen LogP contribution in [0.5, 0.6) is 0 Å². The summed E-state index contributed by atoms with van der Waals surface area (Å²) in [5.41, 5.74) is 5.32. The SMILES string of the molecule is Cc1cnc2n1CC(N(Cc1ccc3c(c1)CCCC3)C(=O)CCl)CC2. The maximum atomic E-state index is 12.6. The highest BCUT2D eigenvalue weighted by Gasteiger charge is 2.28. The highest BCUT2D eigenvalue weighted by Crippen LogP contribution is 2.25. The number of benzene rings is 1. The summed E-state index contributed by atoms with van der Waals surface area (Å²) in [6, 6.07) is 6.93. The minimum atomic E-state index is 0.0237. The Bertz CT molecular complexity index is 814. The minimum absolute atomic E-state index is 0.0237. The second-order valence-electron chi connectivity index (χ2n) is 7.58. The molecule has 4 nitrogen and oxygen atoms in total. The molecule has 1 aliphatic carbocycles. The molecule has 4 rings (SSSR count). The number of amides is 1. The molecule has 5 heteroatoms. The molecule has 0 radical (unpaired) electrons. The Morgan fingerprint density at radius 1 is 1.27 bits per heavy atom. The lowest BCUT2D eigenvalue weighted by Crippen LogP contribution is -2.45. The Hall–Kier alpha value is -1.81. The molecule has 2 heterocycles.